The average Bonchev–Trinajstić information content (AvgIpc) is 3.03. The maximum atomic E-state index is 10.2. The minimum Gasteiger partial charge on any atom is -0.396 e. The standard InChI is InChI=1S/C13H18N4O4/c1-21-17-13-10-9(15-5-16-13)8(3-14-10)7-2-6(4-18)11(19)12(7)20/h3,5-7,11-12,14,18-20H,2,4H2,1H3,(H,15,16,17)/t6-,7+,11-,12+/m1/s1. The zero-order valence-electron chi connectivity index (χ0n) is 11.5. The Hall–Kier alpha value is -1.74. The summed E-state index contributed by atoms with van der Waals surface area (Å²) in [6.07, 6.45) is 1.81. The van der Waals surface area contributed by atoms with Gasteiger partial charge in [-0.15, -0.1) is 0 Å². The molecule has 21 heavy (non-hydrogen) atoms. The minimum absolute atomic E-state index is 0.150. The van der Waals surface area contributed by atoms with Crippen LogP contribution in [0.15, 0.2) is 12.5 Å². The Labute approximate surface area is 120 Å². The highest BCUT2D eigenvalue weighted by atomic mass is 16.6. The summed E-state index contributed by atoms with van der Waals surface area (Å²) in [7, 11) is 1.49. The highest BCUT2D eigenvalue weighted by molar-refractivity contribution is 5.88. The second-order valence-electron chi connectivity index (χ2n) is 5.26. The number of nitrogens with zero attached hydrogens (tertiary/aromatic N) is 2. The van der Waals surface area contributed by atoms with Crippen LogP contribution < -0.4 is 5.48 Å². The number of hydrogen-bond donors (Lipinski definition) is 5. The lowest BCUT2D eigenvalue weighted by Gasteiger charge is -2.16. The van der Waals surface area contributed by atoms with Crippen LogP contribution in [-0.2, 0) is 4.84 Å². The molecule has 0 radical (unpaired) electrons. The number of hydrogen-bond acceptors (Lipinski definition) is 7. The zero-order chi connectivity index (χ0) is 15.0. The molecule has 5 N–H and O–H groups in total. The van der Waals surface area contributed by atoms with Crippen molar-refractivity contribution in [1.82, 2.24) is 15.0 Å². The van der Waals surface area contributed by atoms with Gasteiger partial charge in [-0.25, -0.2) is 15.4 Å². The Kier molecular flexibility index (Phi) is 3.77. The molecular weight excluding hydrogens is 276 g/mol. The lowest BCUT2D eigenvalue weighted by atomic mass is 9.96. The molecule has 0 amide bonds. The molecule has 3 rings (SSSR count). The van der Waals surface area contributed by atoms with Crippen molar-refractivity contribution in [2.24, 2.45) is 5.92 Å². The predicted octanol–water partition coefficient (Wildman–Crippen LogP) is -0.251. The molecule has 1 saturated carbocycles. The highest BCUT2D eigenvalue weighted by Gasteiger charge is 2.42. The maximum Gasteiger partial charge on any atom is 0.177 e. The van der Waals surface area contributed by atoms with E-state index in [1.54, 1.807) is 6.20 Å². The molecule has 1 fully saturated rings. The lowest BCUT2D eigenvalue weighted by molar-refractivity contribution is 0.00241. The molecule has 2 aromatic rings. The van der Waals surface area contributed by atoms with E-state index in [4.69, 9.17) is 4.84 Å². The summed E-state index contributed by atoms with van der Waals surface area (Å²) in [6, 6.07) is 0. The number of fused-ring (bicyclic) bond motifs is 1. The number of anilines is 1. The molecule has 8 heteroatoms. The van der Waals surface area contributed by atoms with Gasteiger partial charge in [0.2, 0.25) is 0 Å². The molecule has 0 bridgehead atoms. The van der Waals surface area contributed by atoms with Crippen LogP contribution in [0.4, 0.5) is 5.82 Å². The largest absolute Gasteiger partial charge is 0.396 e. The Bertz CT molecular complexity index is 632. The van der Waals surface area contributed by atoms with Crippen molar-refractivity contribution in [2.75, 3.05) is 19.2 Å². The van der Waals surface area contributed by atoms with Gasteiger partial charge in [-0.05, 0) is 6.42 Å². The second kappa shape index (κ2) is 5.57. The fourth-order valence-corrected chi connectivity index (χ4v) is 3.03. The van der Waals surface area contributed by atoms with E-state index in [2.05, 4.69) is 20.4 Å². The van der Waals surface area contributed by atoms with E-state index in [0.717, 1.165) is 5.56 Å². The van der Waals surface area contributed by atoms with Crippen LogP contribution in [0.3, 0.4) is 0 Å². The number of H-pyrrole nitrogens is 1. The van der Waals surface area contributed by atoms with Gasteiger partial charge in [0.25, 0.3) is 0 Å². The Morgan fingerprint density at radius 2 is 2.19 bits per heavy atom. The molecule has 0 unspecified atom stereocenters. The van der Waals surface area contributed by atoms with Crippen molar-refractivity contribution >= 4 is 16.9 Å². The van der Waals surface area contributed by atoms with Crippen molar-refractivity contribution in [2.45, 2.75) is 24.5 Å². The monoisotopic (exact) mass is 294 g/mol. The minimum atomic E-state index is -0.927. The van der Waals surface area contributed by atoms with Crippen LogP contribution in [0.1, 0.15) is 17.9 Å². The topological polar surface area (TPSA) is 124 Å². The molecule has 2 heterocycles. The maximum absolute atomic E-state index is 10.2. The number of nitrogens with one attached hydrogen (secondary N) is 2. The van der Waals surface area contributed by atoms with Crippen LogP contribution in [0.2, 0.25) is 0 Å². The van der Waals surface area contributed by atoms with Crippen LogP contribution in [0.25, 0.3) is 11.0 Å². The second-order valence-corrected chi connectivity index (χ2v) is 5.26. The van der Waals surface area contributed by atoms with E-state index in [1.165, 1.54) is 13.4 Å². The molecule has 0 saturated heterocycles. The summed E-state index contributed by atoms with van der Waals surface area (Å²) in [6.45, 7) is -0.150. The number of aromatic nitrogens is 3. The summed E-state index contributed by atoms with van der Waals surface area (Å²) in [4.78, 5) is 16.2. The first-order valence-corrected chi connectivity index (χ1v) is 6.75. The molecule has 1 aliphatic rings. The van der Waals surface area contributed by atoms with Gasteiger partial charge >= 0.3 is 0 Å². The lowest BCUT2D eigenvalue weighted by Crippen LogP contribution is -2.28. The smallest absolute Gasteiger partial charge is 0.177 e. The third-order valence-electron chi connectivity index (χ3n) is 4.13. The van der Waals surface area contributed by atoms with Crippen molar-refractivity contribution in [3.8, 4) is 0 Å². The zero-order valence-corrected chi connectivity index (χ0v) is 11.5. The summed E-state index contributed by atoms with van der Waals surface area (Å²) in [5, 5.41) is 29.4. The van der Waals surface area contributed by atoms with Crippen molar-refractivity contribution in [3.63, 3.8) is 0 Å². The van der Waals surface area contributed by atoms with Gasteiger partial charge in [-0.3, -0.25) is 4.84 Å². The summed E-state index contributed by atoms with van der Waals surface area (Å²) in [5.41, 5.74) is 4.80. The first-order chi connectivity index (χ1) is 10.2. The van der Waals surface area contributed by atoms with Gasteiger partial charge in [0.1, 0.15) is 11.8 Å². The molecule has 2 aromatic heterocycles. The van der Waals surface area contributed by atoms with Crippen LogP contribution in [0, 0.1) is 5.92 Å². The Morgan fingerprint density at radius 3 is 2.86 bits per heavy atom. The van der Waals surface area contributed by atoms with Gasteiger partial charge in [-0.1, -0.05) is 0 Å². The van der Waals surface area contributed by atoms with E-state index in [1.807, 2.05) is 0 Å². The van der Waals surface area contributed by atoms with E-state index < -0.39 is 12.2 Å². The molecule has 1 aliphatic carbocycles. The summed E-state index contributed by atoms with van der Waals surface area (Å²) < 4.78 is 0. The van der Waals surface area contributed by atoms with Crippen LogP contribution in [0.5, 0.6) is 0 Å². The van der Waals surface area contributed by atoms with Gasteiger partial charge < -0.3 is 20.3 Å². The molecule has 0 aromatic carbocycles. The summed E-state index contributed by atoms with van der Waals surface area (Å²) in [5.74, 6) is -0.106. The third kappa shape index (κ3) is 2.26. The van der Waals surface area contributed by atoms with Crippen molar-refractivity contribution in [3.05, 3.63) is 18.1 Å². The van der Waals surface area contributed by atoms with Crippen molar-refractivity contribution in [1.29, 1.82) is 0 Å². The first-order valence-electron chi connectivity index (χ1n) is 6.75. The van der Waals surface area contributed by atoms with E-state index >= 15 is 0 Å². The Morgan fingerprint density at radius 1 is 1.38 bits per heavy atom. The van der Waals surface area contributed by atoms with Crippen molar-refractivity contribution < 1.29 is 20.2 Å². The van der Waals surface area contributed by atoms with Crippen LogP contribution >= 0.6 is 0 Å². The number of aliphatic hydroxyl groups excluding tert-OH is 3. The highest BCUT2D eigenvalue weighted by Crippen LogP contribution is 2.41. The summed E-state index contributed by atoms with van der Waals surface area (Å²) >= 11 is 0. The molecule has 8 nitrogen and oxygen atoms in total. The van der Waals surface area contributed by atoms with E-state index in [-0.39, 0.29) is 18.4 Å². The van der Waals surface area contributed by atoms with E-state index in [9.17, 15) is 15.3 Å². The molecular formula is C13H18N4O4. The van der Waals surface area contributed by atoms with Gasteiger partial charge in [0, 0.05) is 30.2 Å². The molecule has 4 atom stereocenters. The fourth-order valence-electron chi connectivity index (χ4n) is 3.03. The van der Waals surface area contributed by atoms with Gasteiger partial charge in [0.05, 0.1) is 24.8 Å². The number of rotatable bonds is 4. The third-order valence-corrected chi connectivity index (χ3v) is 4.13. The molecule has 114 valence electrons. The number of aromatic amines is 1. The Balaban J connectivity index is 2.00. The van der Waals surface area contributed by atoms with Gasteiger partial charge in [0.15, 0.2) is 5.82 Å². The predicted molar refractivity (Wildman–Crippen MR) is 74.5 cm³/mol. The van der Waals surface area contributed by atoms with Gasteiger partial charge in [-0.2, -0.15) is 0 Å². The van der Waals surface area contributed by atoms with E-state index in [0.29, 0.717) is 23.3 Å². The quantitative estimate of drug-likeness (QED) is 0.492. The molecule has 0 spiro atoms. The average molecular weight is 294 g/mol. The first kappa shape index (κ1) is 14.2. The number of aliphatic hydroxyl groups is 3. The normalized spacial score (nSPS) is 29.1. The SMILES string of the molecule is CONc1ncnc2c([C@@H]3C[C@H](CO)[C@@H](O)[C@H]3O)c[nH]c12. The van der Waals surface area contributed by atoms with Crippen LogP contribution in [-0.4, -0.2) is 56.2 Å². The molecule has 0 aliphatic heterocycles. The fraction of sp³-hybridized carbons (Fsp3) is 0.538.